The van der Waals surface area contributed by atoms with E-state index in [0.717, 1.165) is 11.3 Å². The SMILES string of the molecule is Cc1ccoc1CNC(=O)N1CCc2c(ncn(C)c2=O)C1. The fraction of sp³-hybridized carbons (Fsp3) is 0.400. The highest BCUT2D eigenvalue weighted by atomic mass is 16.3. The molecule has 1 aliphatic heterocycles. The number of carbonyl (C=O) groups excluding carboxylic acids is 1. The van der Waals surface area contributed by atoms with Gasteiger partial charge in [0.05, 0.1) is 31.4 Å². The number of aromatic nitrogens is 2. The number of aryl methyl sites for hydroxylation is 2. The molecule has 2 aromatic heterocycles. The van der Waals surface area contributed by atoms with Crippen LogP contribution in [0.1, 0.15) is 22.6 Å². The predicted molar refractivity (Wildman–Crippen MR) is 79.3 cm³/mol. The van der Waals surface area contributed by atoms with Crippen molar-refractivity contribution in [3.63, 3.8) is 0 Å². The van der Waals surface area contributed by atoms with Gasteiger partial charge in [0, 0.05) is 19.2 Å². The molecule has 7 heteroatoms. The summed E-state index contributed by atoms with van der Waals surface area (Å²) in [5.41, 5.74) is 2.36. The first kappa shape index (κ1) is 14.4. The minimum absolute atomic E-state index is 0.0312. The highest BCUT2D eigenvalue weighted by molar-refractivity contribution is 5.74. The van der Waals surface area contributed by atoms with Crippen molar-refractivity contribution in [2.24, 2.45) is 7.05 Å². The highest BCUT2D eigenvalue weighted by Crippen LogP contribution is 2.14. The summed E-state index contributed by atoms with van der Waals surface area (Å²) in [5, 5.41) is 2.83. The van der Waals surface area contributed by atoms with E-state index in [4.69, 9.17) is 4.42 Å². The molecule has 0 aliphatic carbocycles. The van der Waals surface area contributed by atoms with E-state index in [1.165, 1.54) is 10.9 Å². The second kappa shape index (κ2) is 5.67. The summed E-state index contributed by atoms with van der Waals surface area (Å²) in [7, 11) is 1.68. The standard InChI is InChI=1S/C15H18N4O3/c1-10-4-6-22-13(10)7-16-15(21)19-5-3-11-12(8-19)17-9-18(2)14(11)20/h4,6,9H,3,5,7-8H2,1-2H3,(H,16,21). The molecule has 0 atom stereocenters. The molecule has 2 amide bonds. The molecular formula is C15H18N4O3. The van der Waals surface area contributed by atoms with Crippen LogP contribution >= 0.6 is 0 Å². The number of fused-ring (bicyclic) bond motifs is 1. The quantitative estimate of drug-likeness (QED) is 0.895. The highest BCUT2D eigenvalue weighted by Gasteiger charge is 2.24. The Hall–Kier alpha value is -2.57. The molecule has 0 bridgehead atoms. The van der Waals surface area contributed by atoms with Crippen LogP contribution in [-0.2, 0) is 26.6 Å². The number of urea groups is 1. The first-order valence-corrected chi connectivity index (χ1v) is 7.15. The second-order valence-electron chi connectivity index (χ2n) is 5.44. The normalized spacial score (nSPS) is 13.8. The van der Waals surface area contributed by atoms with Gasteiger partial charge >= 0.3 is 6.03 Å². The minimum atomic E-state index is -0.177. The lowest BCUT2D eigenvalue weighted by Crippen LogP contribution is -2.44. The number of nitrogens with zero attached hydrogens (tertiary/aromatic N) is 3. The Morgan fingerprint density at radius 2 is 2.32 bits per heavy atom. The van der Waals surface area contributed by atoms with Crippen molar-refractivity contribution < 1.29 is 9.21 Å². The van der Waals surface area contributed by atoms with Gasteiger partial charge in [-0.3, -0.25) is 4.79 Å². The molecule has 0 unspecified atom stereocenters. The van der Waals surface area contributed by atoms with E-state index in [9.17, 15) is 9.59 Å². The van der Waals surface area contributed by atoms with E-state index in [-0.39, 0.29) is 11.6 Å². The summed E-state index contributed by atoms with van der Waals surface area (Å²) in [6, 6.07) is 1.68. The lowest BCUT2D eigenvalue weighted by Gasteiger charge is -2.27. The van der Waals surface area contributed by atoms with E-state index in [2.05, 4.69) is 10.3 Å². The summed E-state index contributed by atoms with van der Waals surface area (Å²) >= 11 is 0. The number of rotatable bonds is 2. The summed E-state index contributed by atoms with van der Waals surface area (Å²) in [5.74, 6) is 0.748. The lowest BCUT2D eigenvalue weighted by atomic mass is 10.1. The van der Waals surface area contributed by atoms with Crippen LogP contribution in [0.5, 0.6) is 0 Å². The third-order valence-corrected chi connectivity index (χ3v) is 3.94. The van der Waals surface area contributed by atoms with Gasteiger partial charge in [0.15, 0.2) is 0 Å². The maximum Gasteiger partial charge on any atom is 0.318 e. The minimum Gasteiger partial charge on any atom is -0.467 e. The molecule has 0 saturated carbocycles. The van der Waals surface area contributed by atoms with Crippen LogP contribution < -0.4 is 10.9 Å². The van der Waals surface area contributed by atoms with Crippen molar-refractivity contribution >= 4 is 6.03 Å². The number of carbonyl (C=O) groups is 1. The summed E-state index contributed by atoms with van der Waals surface area (Å²) in [4.78, 5) is 30.1. The Balaban J connectivity index is 1.67. The van der Waals surface area contributed by atoms with E-state index in [0.29, 0.717) is 37.3 Å². The van der Waals surface area contributed by atoms with Crippen molar-refractivity contribution in [3.05, 3.63) is 51.6 Å². The number of nitrogens with one attached hydrogen (secondary N) is 1. The fourth-order valence-corrected chi connectivity index (χ4v) is 2.54. The van der Waals surface area contributed by atoms with Crippen LogP contribution in [0.4, 0.5) is 4.79 Å². The van der Waals surface area contributed by atoms with Gasteiger partial charge in [-0.1, -0.05) is 0 Å². The maximum absolute atomic E-state index is 12.2. The van der Waals surface area contributed by atoms with E-state index in [1.54, 1.807) is 18.2 Å². The molecule has 116 valence electrons. The first-order chi connectivity index (χ1) is 10.6. The molecule has 2 aromatic rings. The number of furan rings is 1. The summed E-state index contributed by atoms with van der Waals surface area (Å²) in [6.45, 7) is 3.15. The van der Waals surface area contributed by atoms with Gasteiger partial charge < -0.3 is 19.2 Å². The van der Waals surface area contributed by atoms with Crippen molar-refractivity contribution in [2.45, 2.75) is 26.4 Å². The van der Waals surface area contributed by atoms with Gasteiger partial charge in [0.25, 0.3) is 5.56 Å². The maximum atomic E-state index is 12.2. The average Bonchev–Trinajstić information content (AvgIpc) is 2.93. The van der Waals surface area contributed by atoms with Gasteiger partial charge in [-0.15, -0.1) is 0 Å². The molecule has 0 radical (unpaired) electrons. The topological polar surface area (TPSA) is 80.4 Å². The summed E-state index contributed by atoms with van der Waals surface area (Å²) < 4.78 is 6.76. The zero-order chi connectivity index (χ0) is 15.7. The van der Waals surface area contributed by atoms with Crippen LogP contribution in [0.3, 0.4) is 0 Å². The molecule has 1 aliphatic rings. The number of hydrogen-bond donors (Lipinski definition) is 1. The molecule has 7 nitrogen and oxygen atoms in total. The lowest BCUT2D eigenvalue weighted by molar-refractivity contribution is 0.189. The van der Waals surface area contributed by atoms with Gasteiger partial charge in [-0.2, -0.15) is 0 Å². The van der Waals surface area contributed by atoms with Crippen LogP contribution in [0, 0.1) is 6.92 Å². The van der Waals surface area contributed by atoms with Gasteiger partial charge in [0.1, 0.15) is 5.76 Å². The smallest absolute Gasteiger partial charge is 0.318 e. The van der Waals surface area contributed by atoms with Gasteiger partial charge in [-0.25, -0.2) is 9.78 Å². The third kappa shape index (κ3) is 2.61. The van der Waals surface area contributed by atoms with Crippen LogP contribution in [0.25, 0.3) is 0 Å². The van der Waals surface area contributed by atoms with Crippen molar-refractivity contribution in [1.82, 2.24) is 19.8 Å². The average molecular weight is 302 g/mol. The number of hydrogen-bond acceptors (Lipinski definition) is 4. The van der Waals surface area contributed by atoms with Crippen LogP contribution in [-0.4, -0.2) is 27.0 Å². The molecule has 1 N–H and O–H groups in total. The second-order valence-corrected chi connectivity index (χ2v) is 5.44. The molecule has 0 fully saturated rings. The van der Waals surface area contributed by atoms with Crippen molar-refractivity contribution in [2.75, 3.05) is 6.54 Å². The van der Waals surface area contributed by atoms with E-state index in [1.807, 2.05) is 13.0 Å². The van der Waals surface area contributed by atoms with E-state index < -0.39 is 0 Å². The Labute approximate surface area is 127 Å². The molecule has 3 heterocycles. The molecule has 22 heavy (non-hydrogen) atoms. The zero-order valence-corrected chi connectivity index (χ0v) is 12.6. The fourth-order valence-electron chi connectivity index (χ4n) is 2.54. The van der Waals surface area contributed by atoms with Gasteiger partial charge in [0.2, 0.25) is 0 Å². The summed E-state index contributed by atoms with van der Waals surface area (Å²) in [6.07, 6.45) is 3.63. The third-order valence-electron chi connectivity index (χ3n) is 3.94. The largest absolute Gasteiger partial charge is 0.467 e. The molecule has 3 rings (SSSR count). The first-order valence-electron chi connectivity index (χ1n) is 7.15. The van der Waals surface area contributed by atoms with Gasteiger partial charge in [-0.05, 0) is 25.0 Å². The van der Waals surface area contributed by atoms with E-state index >= 15 is 0 Å². The van der Waals surface area contributed by atoms with Crippen LogP contribution in [0.15, 0.2) is 27.9 Å². The molecular weight excluding hydrogens is 284 g/mol. The van der Waals surface area contributed by atoms with Crippen molar-refractivity contribution in [3.8, 4) is 0 Å². The molecule has 0 aromatic carbocycles. The Bertz CT molecular complexity index is 762. The predicted octanol–water partition coefficient (Wildman–Crippen LogP) is 0.950. The molecule has 0 spiro atoms. The molecule has 0 saturated heterocycles. The Morgan fingerprint density at radius 1 is 1.50 bits per heavy atom. The Kier molecular flexibility index (Phi) is 3.70. The monoisotopic (exact) mass is 302 g/mol. The Morgan fingerprint density at radius 3 is 3.05 bits per heavy atom. The van der Waals surface area contributed by atoms with Crippen molar-refractivity contribution in [1.29, 1.82) is 0 Å². The van der Waals surface area contributed by atoms with Crippen LogP contribution in [0.2, 0.25) is 0 Å². The zero-order valence-electron chi connectivity index (χ0n) is 12.6. The number of amides is 2.